The molecule has 1 aliphatic rings. The number of aryl methyl sites for hydroxylation is 1. The second kappa shape index (κ2) is 9.44. The number of benzene rings is 2. The molecule has 2 atom stereocenters. The van der Waals surface area contributed by atoms with Gasteiger partial charge in [0.25, 0.3) is 5.56 Å². The SMILES string of the molecule is [C-]#[N+]c1cc(-c2ccc(C)nc2)c2nc([C@@H]3C[C@@](O)(C(F)(F)F)CN3)n(-c3ccc(OC)c(F)c3)c(=O)c2c1. The number of halogens is 4. The predicted octanol–water partition coefficient (Wildman–Crippen LogP) is 4.78. The molecule has 200 valence electrons. The molecule has 4 aromatic rings. The fraction of sp³-hybridized carbons (Fsp3) is 0.259. The van der Waals surface area contributed by atoms with Crippen LogP contribution in [0.5, 0.6) is 5.75 Å². The lowest BCUT2D eigenvalue weighted by Gasteiger charge is -2.25. The Morgan fingerprint density at radius 2 is 2.00 bits per heavy atom. The summed E-state index contributed by atoms with van der Waals surface area (Å²) in [5.41, 5.74) is -1.91. The second-order valence-corrected chi connectivity index (χ2v) is 9.29. The number of nitrogens with zero attached hydrogens (tertiary/aromatic N) is 4. The number of fused-ring (bicyclic) bond motifs is 1. The first-order chi connectivity index (χ1) is 18.5. The summed E-state index contributed by atoms with van der Waals surface area (Å²) in [6, 6.07) is 8.74. The number of hydrogen-bond donors (Lipinski definition) is 2. The first kappa shape index (κ1) is 26.3. The van der Waals surface area contributed by atoms with Crippen molar-refractivity contribution in [3.63, 3.8) is 0 Å². The third-order valence-corrected chi connectivity index (χ3v) is 6.75. The smallest absolute Gasteiger partial charge is 0.418 e. The summed E-state index contributed by atoms with van der Waals surface area (Å²) in [7, 11) is 1.26. The van der Waals surface area contributed by atoms with Gasteiger partial charge in [0.05, 0.1) is 36.3 Å². The van der Waals surface area contributed by atoms with Gasteiger partial charge in [0, 0.05) is 36.5 Å². The van der Waals surface area contributed by atoms with Crippen molar-refractivity contribution in [3.05, 3.63) is 87.8 Å². The maximum Gasteiger partial charge on any atom is 0.418 e. The standard InChI is InChI=1S/C27H21F4N5O3/c1-14-4-5-15(12-33-14)18-8-16(32-2)9-19-23(18)35-24(21-11-26(38,13-34-21)27(29,30)31)36(25(19)37)17-6-7-22(39-3)20(28)10-17/h4-10,12,21,34,38H,11,13H2,1,3H3/t21-,26-/m0/s1. The van der Waals surface area contributed by atoms with Gasteiger partial charge in [-0.3, -0.25) is 14.3 Å². The molecule has 0 aliphatic carbocycles. The summed E-state index contributed by atoms with van der Waals surface area (Å²) in [6.07, 6.45) is -4.22. The molecule has 8 nitrogen and oxygen atoms in total. The number of aromatic nitrogens is 3. The fourth-order valence-corrected chi connectivity index (χ4v) is 4.65. The summed E-state index contributed by atoms with van der Waals surface area (Å²) in [5, 5.41) is 13.0. The van der Waals surface area contributed by atoms with Crippen LogP contribution in [-0.2, 0) is 0 Å². The summed E-state index contributed by atoms with van der Waals surface area (Å²) in [5.74, 6) is -1.06. The van der Waals surface area contributed by atoms with Crippen LogP contribution in [0, 0.1) is 19.3 Å². The molecule has 2 N–H and O–H groups in total. The highest BCUT2D eigenvalue weighted by Gasteiger charge is 2.58. The monoisotopic (exact) mass is 539 g/mol. The van der Waals surface area contributed by atoms with Gasteiger partial charge in [-0.2, -0.15) is 13.2 Å². The number of β-amino-alcohol motifs (C(OH)–C–C–N with tert-alkyl or cyclic N) is 1. The third kappa shape index (κ3) is 4.49. The van der Waals surface area contributed by atoms with Crippen molar-refractivity contribution in [3.8, 4) is 22.6 Å². The topological polar surface area (TPSA) is 93.6 Å². The highest BCUT2D eigenvalue weighted by atomic mass is 19.4. The van der Waals surface area contributed by atoms with Crippen LogP contribution in [0.2, 0.25) is 0 Å². The van der Waals surface area contributed by atoms with Gasteiger partial charge < -0.3 is 15.2 Å². The minimum atomic E-state index is -4.94. The van der Waals surface area contributed by atoms with E-state index in [4.69, 9.17) is 11.3 Å². The van der Waals surface area contributed by atoms with Crippen LogP contribution in [0.1, 0.15) is 24.0 Å². The molecule has 2 aromatic carbocycles. The zero-order valence-electron chi connectivity index (χ0n) is 20.7. The van der Waals surface area contributed by atoms with Crippen LogP contribution in [0.4, 0.5) is 23.2 Å². The molecular weight excluding hydrogens is 518 g/mol. The lowest BCUT2D eigenvalue weighted by atomic mass is 9.98. The summed E-state index contributed by atoms with van der Waals surface area (Å²) >= 11 is 0. The molecule has 0 radical (unpaired) electrons. The second-order valence-electron chi connectivity index (χ2n) is 9.29. The van der Waals surface area contributed by atoms with E-state index in [1.807, 2.05) is 0 Å². The van der Waals surface area contributed by atoms with Crippen LogP contribution in [0.25, 0.3) is 32.6 Å². The molecule has 0 unspecified atom stereocenters. The third-order valence-electron chi connectivity index (χ3n) is 6.75. The highest BCUT2D eigenvalue weighted by molar-refractivity contribution is 5.96. The first-order valence-corrected chi connectivity index (χ1v) is 11.7. The van der Waals surface area contributed by atoms with Crippen molar-refractivity contribution < 1.29 is 27.4 Å². The van der Waals surface area contributed by atoms with E-state index in [9.17, 15) is 27.5 Å². The maximum atomic E-state index is 14.7. The van der Waals surface area contributed by atoms with Crippen molar-refractivity contribution in [2.75, 3.05) is 13.7 Å². The number of methoxy groups -OCH3 is 1. The van der Waals surface area contributed by atoms with Crippen molar-refractivity contribution in [2.24, 2.45) is 0 Å². The number of pyridine rings is 1. The zero-order valence-corrected chi connectivity index (χ0v) is 20.7. The van der Waals surface area contributed by atoms with E-state index in [-0.39, 0.29) is 33.9 Å². The molecule has 0 spiro atoms. The number of ether oxygens (including phenoxy) is 1. The van der Waals surface area contributed by atoms with E-state index in [0.717, 1.165) is 16.3 Å². The van der Waals surface area contributed by atoms with E-state index in [1.165, 1.54) is 31.4 Å². The molecule has 1 aliphatic heterocycles. The molecule has 5 rings (SSSR count). The van der Waals surface area contributed by atoms with E-state index in [0.29, 0.717) is 11.1 Å². The Labute approximate surface area is 219 Å². The summed E-state index contributed by atoms with van der Waals surface area (Å²) < 4.78 is 61.6. The summed E-state index contributed by atoms with van der Waals surface area (Å²) in [6.45, 7) is 8.49. The Morgan fingerprint density at radius 1 is 1.23 bits per heavy atom. The van der Waals surface area contributed by atoms with Crippen LogP contribution in [0.3, 0.4) is 0 Å². The van der Waals surface area contributed by atoms with Crippen molar-refractivity contribution in [1.29, 1.82) is 0 Å². The lowest BCUT2D eigenvalue weighted by molar-refractivity contribution is -0.252. The summed E-state index contributed by atoms with van der Waals surface area (Å²) in [4.78, 5) is 26.3. The molecule has 39 heavy (non-hydrogen) atoms. The molecule has 0 amide bonds. The Balaban J connectivity index is 1.83. The number of hydrogen-bond acceptors (Lipinski definition) is 6. The maximum absolute atomic E-state index is 14.7. The van der Waals surface area contributed by atoms with Crippen molar-refractivity contribution in [2.45, 2.75) is 31.2 Å². The molecule has 0 bridgehead atoms. The van der Waals surface area contributed by atoms with E-state index in [2.05, 4.69) is 20.1 Å². The fourth-order valence-electron chi connectivity index (χ4n) is 4.65. The van der Waals surface area contributed by atoms with Crippen molar-refractivity contribution >= 4 is 16.6 Å². The van der Waals surface area contributed by atoms with Crippen LogP contribution >= 0.6 is 0 Å². The minimum absolute atomic E-state index is 0.00290. The molecule has 12 heteroatoms. The molecule has 1 saturated heterocycles. The van der Waals surface area contributed by atoms with E-state index < -0.39 is 42.2 Å². The average Bonchev–Trinajstić information content (AvgIpc) is 3.32. The largest absolute Gasteiger partial charge is 0.494 e. The van der Waals surface area contributed by atoms with Gasteiger partial charge in [-0.1, -0.05) is 6.07 Å². The number of rotatable bonds is 4. The zero-order chi connectivity index (χ0) is 28.1. The Morgan fingerprint density at radius 3 is 2.59 bits per heavy atom. The van der Waals surface area contributed by atoms with Gasteiger partial charge >= 0.3 is 6.18 Å². The van der Waals surface area contributed by atoms with Gasteiger partial charge in [-0.05, 0) is 42.8 Å². The van der Waals surface area contributed by atoms with E-state index in [1.54, 1.807) is 25.3 Å². The van der Waals surface area contributed by atoms with Gasteiger partial charge in [-0.15, -0.1) is 0 Å². The predicted molar refractivity (Wildman–Crippen MR) is 134 cm³/mol. The highest BCUT2D eigenvalue weighted by Crippen LogP contribution is 2.42. The van der Waals surface area contributed by atoms with E-state index >= 15 is 0 Å². The van der Waals surface area contributed by atoms with Gasteiger partial charge in [-0.25, -0.2) is 14.2 Å². The molecule has 1 fully saturated rings. The lowest BCUT2D eigenvalue weighted by Crippen LogP contribution is -2.46. The Hall–Kier alpha value is -4.34. The normalized spacial score (nSPS) is 19.3. The average molecular weight is 539 g/mol. The minimum Gasteiger partial charge on any atom is -0.494 e. The Bertz CT molecular complexity index is 1700. The van der Waals surface area contributed by atoms with Gasteiger partial charge in [0.15, 0.2) is 22.9 Å². The van der Waals surface area contributed by atoms with Crippen LogP contribution in [-0.4, -0.2) is 45.1 Å². The number of alkyl halides is 3. The number of nitrogens with one attached hydrogen (secondary N) is 1. The van der Waals surface area contributed by atoms with Gasteiger partial charge in [0.2, 0.25) is 0 Å². The Kier molecular flexibility index (Phi) is 6.36. The first-order valence-electron chi connectivity index (χ1n) is 11.7. The van der Waals surface area contributed by atoms with Crippen LogP contribution in [0.15, 0.2) is 53.5 Å². The van der Waals surface area contributed by atoms with Crippen LogP contribution < -0.4 is 15.6 Å². The molecule has 2 aromatic heterocycles. The van der Waals surface area contributed by atoms with Gasteiger partial charge in [0.1, 0.15) is 5.82 Å². The van der Waals surface area contributed by atoms with Crippen molar-refractivity contribution in [1.82, 2.24) is 19.9 Å². The quantitative estimate of drug-likeness (QED) is 0.286. The number of aliphatic hydroxyl groups is 1. The molecule has 3 heterocycles. The molecular formula is C27H21F4N5O3. The molecule has 0 saturated carbocycles.